The van der Waals surface area contributed by atoms with Gasteiger partial charge in [0.05, 0.1) is 0 Å². The lowest BCUT2D eigenvalue weighted by atomic mass is 10.2. The molecule has 4 nitrogen and oxygen atoms in total. The summed E-state index contributed by atoms with van der Waals surface area (Å²) < 4.78 is 0. The highest BCUT2D eigenvalue weighted by molar-refractivity contribution is 7.15. The lowest BCUT2D eigenvalue weighted by molar-refractivity contribution is 0.425. The van der Waals surface area contributed by atoms with Crippen LogP contribution in [0.25, 0.3) is 0 Å². The van der Waals surface area contributed by atoms with Crippen LogP contribution in [0.2, 0.25) is 0 Å². The van der Waals surface area contributed by atoms with E-state index in [0.29, 0.717) is 5.92 Å². The Balaban J connectivity index is 2.36. The smallest absolute Gasteiger partial charge is 0.205 e. The van der Waals surface area contributed by atoms with Gasteiger partial charge < -0.3 is 10.2 Å². The topological polar surface area (TPSA) is 41.1 Å². The Morgan fingerprint density at radius 2 is 2.07 bits per heavy atom. The molecule has 0 spiro atoms. The summed E-state index contributed by atoms with van der Waals surface area (Å²) >= 11 is 1.64. The van der Waals surface area contributed by atoms with E-state index >= 15 is 0 Å². The van der Waals surface area contributed by atoms with Crippen LogP contribution in [0.3, 0.4) is 0 Å². The van der Waals surface area contributed by atoms with Gasteiger partial charge in [-0.05, 0) is 14.1 Å². The first-order valence-corrected chi connectivity index (χ1v) is 5.63. The predicted molar refractivity (Wildman–Crippen MR) is 61.0 cm³/mol. The molecule has 1 rings (SSSR count). The van der Waals surface area contributed by atoms with E-state index in [2.05, 4.69) is 48.4 Å². The standard InChI is InChI=1S/C9H18N4S/c1-7(2)8-11-12-9(14-8)10-5-6-13(3)4/h7H,5-6H2,1-4H3,(H,10,12). The number of hydrogen-bond donors (Lipinski definition) is 1. The molecule has 0 unspecified atom stereocenters. The van der Waals surface area contributed by atoms with Crippen molar-refractivity contribution in [3.63, 3.8) is 0 Å². The minimum Gasteiger partial charge on any atom is -0.359 e. The summed E-state index contributed by atoms with van der Waals surface area (Å²) in [7, 11) is 4.11. The molecule has 0 atom stereocenters. The molecule has 0 bridgehead atoms. The van der Waals surface area contributed by atoms with E-state index in [1.807, 2.05) is 0 Å². The highest BCUT2D eigenvalue weighted by atomic mass is 32.1. The summed E-state index contributed by atoms with van der Waals surface area (Å²) in [6.45, 7) is 6.19. The molecular formula is C9H18N4S. The van der Waals surface area contributed by atoms with E-state index in [0.717, 1.165) is 23.2 Å². The summed E-state index contributed by atoms with van der Waals surface area (Å²) in [6, 6.07) is 0. The first-order valence-electron chi connectivity index (χ1n) is 4.81. The second-order valence-electron chi connectivity index (χ2n) is 3.83. The fourth-order valence-electron chi connectivity index (χ4n) is 0.926. The van der Waals surface area contributed by atoms with Gasteiger partial charge in [0, 0.05) is 19.0 Å². The number of nitrogens with zero attached hydrogens (tertiary/aromatic N) is 3. The average molecular weight is 214 g/mol. The van der Waals surface area contributed by atoms with Gasteiger partial charge >= 0.3 is 0 Å². The molecule has 1 heterocycles. The summed E-state index contributed by atoms with van der Waals surface area (Å²) in [4.78, 5) is 2.14. The van der Waals surface area contributed by atoms with Gasteiger partial charge in [-0.15, -0.1) is 10.2 Å². The molecule has 0 aliphatic rings. The molecule has 0 radical (unpaired) electrons. The first-order chi connectivity index (χ1) is 6.59. The number of nitrogens with one attached hydrogen (secondary N) is 1. The molecule has 1 aromatic rings. The van der Waals surface area contributed by atoms with Gasteiger partial charge in [0.25, 0.3) is 0 Å². The average Bonchev–Trinajstić information content (AvgIpc) is 2.52. The van der Waals surface area contributed by atoms with Crippen LogP contribution in [0.15, 0.2) is 0 Å². The highest BCUT2D eigenvalue weighted by Crippen LogP contribution is 2.21. The third kappa shape index (κ3) is 3.59. The first kappa shape index (κ1) is 11.4. The molecule has 1 N–H and O–H groups in total. The quantitative estimate of drug-likeness (QED) is 0.809. The SMILES string of the molecule is CC(C)c1nnc(NCCN(C)C)s1. The molecule has 0 aliphatic heterocycles. The fraction of sp³-hybridized carbons (Fsp3) is 0.778. The van der Waals surface area contributed by atoms with Gasteiger partial charge in [0.2, 0.25) is 5.13 Å². The normalized spacial score (nSPS) is 11.3. The zero-order valence-corrected chi connectivity index (χ0v) is 10.1. The summed E-state index contributed by atoms with van der Waals surface area (Å²) in [5.74, 6) is 0.469. The summed E-state index contributed by atoms with van der Waals surface area (Å²) in [5.41, 5.74) is 0. The second-order valence-corrected chi connectivity index (χ2v) is 4.84. The van der Waals surface area contributed by atoms with E-state index in [-0.39, 0.29) is 0 Å². The zero-order chi connectivity index (χ0) is 10.6. The van der Waals surface area contributed by atoms with Gasteiger partial charge in [-0.3, -0.25) is 0 Å². The van der Waals surface area contributed by atoms with Crippen LogP contribution in [0.1, 0.15) is 24.8 Å². The maximum atomic E-state index is 4.11. The lowest BCUT2D eigenvalue weighted by Gasteiger charge is -2.08. The van der Waals surface area contributed by atoms with Crippen LogP contribution in [0.4, 0.5) is 5.13 Å². The molecule has 14 heavy (non-hydrogen) atoms. The van der Waals surface area contributed by atoms with Crippen LogP contribution < -0.4 is 5.32 Å². The highest BCUT2D eigenvalue weighted by Gasteiger charge is 2.06. The third-order valence-electron chi connectivity index (χ3n) is 1.77. The van der Waals surface area contributed by atoms with Gasteiger partial charge in [-0.1, -0.05) is 25.2 Å². The molecule has 0 amide bonds. The van der Waals surface area contributed by atoms with Gasteiger partial charge in [0.15, 0.2) is 0 Å². The Morgan fingerprint density at radius 3 is 2.57 bits per heavy atom. The van der Waals surface area contributed by atoms with Crippen LogP contribution >= 0.6 is 11.3 Å². The van der Waals surface area contributed by atoms with Crippen molar-refractivity contribution in [2.45, 2.75) is 19.8 Å². The predicted octanol–water partition coefficient (Wildman–Crippen LogP) is 1.64. The maximum absolute atomic E-state index is 4.11. The van der Waals surface area contributed by atoms with E-state index < -0.39 is 0 Å². The Morgan fingerprint density at radius 1 is 1.36 bits per heavy atom. The van der Waals surface area contributed by atoms with Crippen LogP contribution in [0, 0.1) is 0 Å². The zero-order valence-electron chi connectivity index (χ0n) is 9.24. The van der Waals surface area contributed by atoms with E-state index in [1.54, 1.807) is 11.3 Å². The lowest BCUT2D eigenvalue weighted by Crippen LogP contribution is -2.20. The molecule has 0 saturated carbocycles. The minimum absolute atomic E-state index is 0.469. The molecule has 0 saturated heterocycles. The molecule has 0 aromatic carbocycles. The molecule has 0 fully saturated rings. The van der Waals surface area contributed by atoms with Gasteiger partial charge in [-0.25, -0.2) is 0 Å². The largest absolute Gasteiger partial charge is 0.359 e. The Bertz CT molecular complexity index is 270. The van der Waals surface area contributed by atoms with Crippen LogP contribution in [-0.2, 0) is 0 Å². The number of aromatic nitrogens is 2. The van der Waals surface area contributed by atoms with Crippen molar-refractivity contribution in [1.82, 2.24) is 15.1 Å². The van der Waals surface area contributed by atoms with Crippen LogP contribution in [-0.4, -0.2) is 42.3 Å². The summed E-state index contributed by atoms with van der Waals surface area (Å²) in [6.07, 6.45) is 0. The number of hydrogen-bond acceptors (Lipinski definition) is 5. The maximum Gasteiger partial charge on any atom is 0.205 e. The number of likely N-dealkylation sites (N-methyl/N-ethyl adjacent to an activating group) is 1. The Hall–Kier alpha value is -0.680. The van der Waals surface area contributed by atoms with Crippen molar-refractivity contribution in [2.75, 3.05) is 32.5 Å². The summed E-state index contributed by atoms with van der Waals surface area (Å²) in [5, 5.41) is 13.5. The number of rotatable bonds is 5. The Labute approximate surface area is 89.3 Å². The van der Waals surface area contributed by atoms with Gasteiger partial charge in [0.1, 0.15) is 5.01 Å². The van der Waals surface area contributed by atoms with E-state index in [4.69, 9.17) is 0 Å². The molecule has 5 heteroatoms. The minimum atomic E-state index is 0.469. The monoisotopic (exact) mass is 214 g/mol. The van der Waals surface area contributed by atoms with Crippen molar-refractivity contribution < 1.29 is 0 Å². The molecule has 0 aliphatic carbocycles. The van der Waals surface area contributed by atoms with Crippen LogP contribution in [0.5, 0.6) is 0 Å². The molecule has 1 aromatic heterocycles. The van der Waals surface area contributed by atoms with Crippen molar-refractivity contribution >= 4 is 16.5 Å². The van der Waals surface area contributed by atoms with Crippen molar-refractivity contribution in [3.8, 4) is 0 Å². The van der Waals surface area contributed by atoms with Gasteiger partial charge in [-0.2, -0.15) is 0 Å². The molecule has 80 valence electrons. The fourth-order valence-corrected chi connectivity index (χ4v) is 1.70. The van der Waals surface area contributed by atoms with E-state index in [1.165, 1.54) is 0 Å². The Kier molecular flexibility index (Phi) is 4.28. The van der Waals surface area contributed by atoms with Crippen molar-refractivity contribution in [2.24, 2.45) is 0 Å². The third-order valence-corrected chi connectivity index (χ3v) is 2.95. The van der Waals surface area contributed by atoms with E-state index in [9.17, 15) is 0 Å². The number of anilines is 1. The molecular weight excluding hydrogens is 196 g/mol. The second kappa shape index (κ2) is 5.26. The van der Waals surface area contributed by atoms with Crippen molar-refractivity contribution in [1.29, 1.82) is 0 Å². The van der Waals surface area contributed by atoms with Crippen molar-refractivity contribution in [3.05, 3.63) is 5.01 Å².